The molecule has 90 valence electrons. The summed E-state index contributed by atoms with van der Waals surface area (Å²) in [6.45, 7) is 2.27. The number of anilines is 1. The average Bonchev–Trinajstić information content (AvgIpc) is 2.73. The summed E-state index contributed by atoms with van der Waals surface area (Å²) in [7, 11) is 0. The fraction of sp³-hybridized carbons (Fsp3) is 0.273. The van der Waals surface area contributed by atoms with Gasteiger partial charge in [0.05, 0.1) is 0 Å². The standard InChI is InChI=1S/C11H14N4O2/c1-7-3-2-4-8(5-7)12-6-9(16)10-13-11(17)15-14-10/h2-5,9,12,16H,6H2,1H3,(H2,13,14,15,17). The molecule has 0 bridgehead atoms. The molecule has 0 saturated heterocycles. The van der Waals surface area contributed by atoms with E-state index in [1.165, 1.54) is 0 Å². The van der Waals surface area contributed by atoms with Gasteiger partial charge in [0.2, 0.25) is 0 Å². The Hall–Kier alpha value is -2.08. The largest absolute Gasteiger partial charge is 0.383 e. The molecule has 0 spiro atoms. The highest BCUT2D eigenvalue weighted by Crippen LogP contribution is 2.11. The van der Waals surface area contributed by atoms with Crippen LogP contribution in [0.4, 0.5) is 5.69 Å². The van der Waals surface area contributed by atoms with E-state index in [1.807, 2.05) is 31.2 Å². The van der Waals surface area contributed by atoms with Gasteiger partial charge in [0.1, 0.15) is 6.10 Å². The van der Waals surface area contributed by atoms with E-state index in [0.717, 1.165) is 11.3 Å². The van der Waals surface area contributed by atoms with Crippen molar-refractivity contribution in [2.75, 3.05) is 11.9 Å². The number of rotatable bonds is 4. The summed E-state index contributed by atoms with van der Waals surface area (Å²) < 4.78 is 0. The van der Waals surface area contributed by atoms with Crippen LogP contribution in [0.3, 0.4) is 0 Å². The van der Waals surface area contributed by atoms with E-state index < -0.39 is 11.8 Å². The molecule has 0 aliphatic rings. The lowest BCUT2D eigenvalue weighted by Crippen LogP contribution is -2.14. The lowest BCUT2D eigenvalue weighted by atomic mass is 10.2. The zero-order valence-electron chi connectivity index (χ0n) is 9.40. The summed E-state index contributed by atoms with van der Waals surface area (Å²) in [5.74, 6) is 0.232. The van der Waals surface area contributed by atoms with Crippen molar-refractivity contribution in [1.82, 2.24) is 15.2 Å². The molecule has 0 fully saturated rings. The number of nitrogens with zero attached hydrogens (tertiary/aromatic N) is 1. The fourth-order valence-electron chi connectivity index (χ4n) is 1.51. The Labute approximate surface area is 97.7 Å². The van der Waals surface area contributed by atoms with Crippen LogP contribution >= 0.6 is 0 Å². The third-order valence-electron chi connectivity index (χ3n) is 2.35. The maximum atomic E-state index is 10.8. The molecular weight excluding hydrogens is 220 g/mol. The molecule has 1 unspecified atom stereocenters. The van der Waals surface area contributed by atoms with Crippen LogP contribution in [0, 0.1) is 6.92 Å². The van der Waals surface area contributed by atoms with Crippen LogP contribution < -0.4 is 11.0 Å². The van der Waals surface area contributed by atoms with E-state index in [0.29, 0.717) is 0 Å². The first-order valence-corrected chi connectivity index (χ1v) is 5.28. The Morgan fingerprint density at radius 1 is 1.53 bits per heavy atom. The molecule has 2 aromatic rings. The molecule has 0 aliphatic heterocycles. The Kier molecular flexibility index (Phi) is 3.24. The van der Waals surface area contributed by atoms with Crippen molar-refractivity contribution < 1.29 is 5.11 Å². The van der Waals surface area contributed by atoms with Crippen molar-refractivity contribution in [3.05, 3.63) is 46.1 Å². The van der Waals surface area contributed by atoms with Crippen molar-refractivity contribution in [3.63, 3.8) is 0 Å². The van der Waals surface area contributed by atoms with E-state index in [4.69, 9.17) is 0 Å². The minimum Gasteiger partial charge on any atom is -0.383 e. The van der Waals surface area contributed by atoms with Crippen molar-refractivity contribution in [2.45, 2.75) is 13.0 Å². The first-order valence-electron chi connectivity index (χ1n) is 5.28. The second-order valence-electron chi connectivity index (χ2n) is 3.83. The van der Waals surface area contributed by atoms with Gasteiger partial charge in [-0.1, -0.05) is 12.1 Å². The van der Waals surface area contributed by atoms with Gasteiger partial charge in [0.15, 0.2) is 5.82 Å². The van der Waals surface area contributed by atoms with Crippen LogP contribution in [0.25, 0.3) is 0 Å². The van der Waals surface area contributed by atoms with Gasteiger partial charge in [-0.05, 0) is 24.6 Å². The average molecular weight is 234 g/mol. The quantitative estimate of drug-likeness (QED) is 0.621. The molecule has 0 amide bonds. The van der Waals surface area contributed by atoms with Gasteiger partial charge < -0.3 is 10.4 Å². The van der Waals surface area contributed by atoms with Crippen molar-refractivity contribution in [3.8, 4) is 0 Å². The van der Waals surface area contributed by atoms with Gasteiger partial charge in [0, 0.05) is 12.2 Å². The SMILES string of the molecule is Cc1cccc(NCC(O)c2n[nH]c(=O)[nH]2)c1. The molecule has 1 heterocycles. The molecule has 6 nitrogen and oxygen atoms in total. The number of aryl methyl sites for hydroxylation is 1. The maximum absolute atomic E-state index is 10.8. The molecule has 4 N–H and O–H groups in total. The molecule has 17 heavy (non-hydrogen) atoms. The second kappa shape index (κ2) is 4.84. The van der Waals surface area contributed by atoms with Gasteiger partial charge in [-0.15, -0.1) is 0 Å². The summed E-state index contributed by atoms with van der Waals surface area (Å²) in [5, 5.41) is 18.7. The lowest BCUT2D eigenvalue weighted by Gasteiger charge is -2.10. The second-order valence-corrected chi connectivity index (χ2v) is 3.83. The summed E-state index contributed by atoms with van der Waals surface area (Å²) >= 11 is 0. The number of benzene rings is 1. The number of aliphatic hydroxyl groups is 1. The highest BCUT2D eigenvalue weighted by Gasteiger charge is 2.10. The number of hydrogen-bond acceptors (Lipinski definition) is 4. The topological polar surface area (TPSA) is 93.8 Å². The van der Waals surface area contributed by atoms with E-state index in [-0.39, 0.29) is 12.4 Å². The Morgan fingerprint density at radius 2 is 2.35 bits per heavy atom. The third kappa shape index (κ3) is 2.94. The van der Waals surface area contributed by atoms with Crippen molar-refractivity contribution in [1.29, 1.82) is 0 Å². The first kappa shape index (κ1) is 11.4. The van der Waals surface area contributed by atoms with Crippen LogP contribution in [-0.4, -0.2) is 26.8 Å². The number of aromatic amines is 2. The Bertz CT molecular complexity index is 546. The fourth-order valence-corrected chi connectivity index (χ4v) is 1.51. The highest BCUT2D eigenvalue weighted by atomic mass is 16.3. The molecule has 1 atom stereocenters. The predicted molar refractivity (Wildman–Crippen MR) is 63.8 cm³/mol. The molecule has 6 heteroatoms. The monoisotopic (exact) mass is 234 g/mol. The van der Waals surface area contributed by atoms with Gasteiger partial charge in [-0.2, -0.15) is 5.10 Å². The van der Waals surface area contributed by atoms with Gasteiger partial charge in [-0.3, -0.25) is 4.98 Å². The number of H-pyrrole nitrogens is 2. The van der Waals surface area contributed by atoms with Crippen LogP contribution in [0.15, 0.2) is 29.1 Å². The summed E-state index contributed by atoms with van der Waals surface area (Å²) in [5.41, 5.74) is 1.63. The molecule has 1 aromatic heterocycles. The van der Waals surface area contributed by atoms with E-state index in [1.54, 1.807) is 0 Å². The molecule has 0 saturated carbocycles. The van der Waals surface area contributed by atoms with Crippen molar-refractivity contribution in [2.24, 2.45) is 0 Å². The number of nitrogens with one attached hydrogen (secondary N) is 3. The van der Waals surface area contributed by atoms with Crippen molar-refractivity contribution >= 4 is 5.69 Å². The predicted octanol–water partition coefficient (Wildman–Crippen LogP) is 0.552. The van der Waals surface area contributed by atoms with Gasteiger partial charge in [0.25, 0.3) is 0 Å². The van der Waals surface area contributed by atoms with Crippen LogP contribution in [0.1, 0.15) is 17.5 Å². The van der Waals surface area contributed by atoms with E-state index in [2.05, 4.69) is 20.5 Å². The van der Waals surface area contributed by atoms with Crippen LogP contribution in [-0.2, 0) is 0 Å². The summed E-state index contributed by atoms with van der Waals surface area (Å²) in [4.78, 5) is 13.2. The van der Waals surface area contributed by atoms with Crippen LogP contribution in [0.5, 0.6) is 0 Å². The molecule has 2 rings (SSSR count). The number of hydrogen-bond donors (Lipinski definition) is 4. The lowest BCUT2D eigenvalue weighted by molar-refractivity contribution is 0.182. The molecule has 0 radical (unpaired) electrons. The zero-order chi connectivity index (χ0) is 12.3. The first-order chi connectivity index (χ1) is 8.15. The molecular formula is C11H14N4O2. The van der Waals surface area contributed by atoms with Crippen LogP contribution in [0.2, 0.25) is 0 Å². The maximum Gasteiger partial charge on any atom is 0.340 e. The highest BCUT2D eigenvalue weighted by molar-refractivity contribution is 5.45. The minimum absolute atomic E-state index is 0.232. The Morgan fingerprint density at radius 3 is 3.00 bits per heavy atom. The molecule has 1 aromatic carbocycles. The summed E-state index contributed by atoms with van der Waals surface area (Å²) in [6, 6.07) is 7.81. The third-order valence-corrected chi connectivity index (χ3v) is 2.35. The zero-order valence-corrected chi connectivity index (χ0v) is 9.40. The van der Waals surface area contributed by atoms with E-state index in [9.17, 15) is 9.90 Å². The number of aliphatic hydroxyl groups excluding tert-OH is 1. The Balaban J connectivity index is 1.96. The smallest absolute Gasteiger partial charge is 0.340 e. The normalized spacial score (nSPS) is 12.4. The minimum atomic E-state index is -0.852. The molecule has 0 aliphatic carbocycles. The number of aromatic nitrogens is 3. The van der Waals surface area contributed by atoms with Gasteiger partial charge >= 0.3 is 5.69 Å². The van der Waals surface area contributed by atoms with Gasteiger partial charge in [-0.25, -0.2) is 9.89 Å². The van der Waals surface area contributed by atoms with E-state index >= 15 is 0 Å². The summed E-state index contributed by atoms with van der Waals surface area (Å²) in [6.07, 6.45) is -0.852.